The summed E-state index contributed by atoms with van der Waals surface area (Å²) in [7, 11) is 0. The van der Waals surface area contributed by atoms with Crippen LogP contribution in [0.1, 0.15) is 5.56 Å². The van der Waals surface area contributed by atoms with Crippen molar-refractivity contribution in [1.29, 1.82) is 0 Å². The van der Waals surface area contributed by atoms with Crippen LogP contribution in [0, 0.1) is 11.8 Å². The molecule has 1 aromatic heterocycles. The van der Waals surface area contributed by atoms with E-state index in [0.29, 0.717) is 5.56 Å². The van der Waals surface area contributed by atoms with Crippen LogP contribution in [0.25, 0.3) is 0 Å². The smallest absolute Gasteiger partial charge is 0.316 e. The van der Waals surface area contributed by atoms with E-state index in [0.717, 1.165) is 0 Å². The number of pyridine rings is 1. The van der Waals surface area contributed by atoms with E-state index < -0.39 is 18.0 Å². The molecule has 1 atom stereocenters. The van der Waals surface area contributed by atoms with Gasteiger partial charge in [0.25, 0.3) is 5.91 Å². The zero-order valence-electron chi connectivity index (χ0n) is 7.65. The summed E-state index contributed by atoms with van der Waals surface area (Å²) in [6, 6.07) is 2.25. The van der Waals surface area contributed by atoms with E-state index in [1.807, 2.05) is 0 Å². The molecule has 5 nitrogen and oxygen atoms in total. The van der Waals surface area contributed by atoms with Crippen molar-refractivity contribution in [3.63, 3.8) is 0 Å². The minimum Gasteiger partial charge on any atom is -0.316 e. The van der Waals surface area contributed by atoms with Gasteiger partial charge in [-0.3, -0.25) is 15.1 Å². The number of nitrogens with zero attached hydrogens (tertiary/aromatic N) is 1. The van der Waals surface area contributed by atoms with Crippen molar-refractivity contribution in [2.24, 2.45) is 0 Å². The lowest BCUT2D eigenvalue weighted by molar-refractivity contribution is -0.119. The summed E-state index contributed by atoms with van der Waals surface area (Å²) < 4.78 is 0. The van der Waals surface area contributed by atoms with Crippen LogP contribution in [0.5, 0.6) is 0 Å². The van der Waals surface area contributed by atoms with Crippen LogP contribution < -0.4 is 10.6 Å². The Morgan fingerprint density at radius 3 is 2.87 bits per heavy atom. The Kier molecular flexibility index (Phi) is 2.33. The third-order valence-electron chi connectivity index (χ3n) is 1.80. The van der Waals surface area contributed by atoms with Crippen molar-refractivity contribution in [3.05, 3.63) is 30.1 Å². The van der Waals surface area contributed by atoms with Gasteiger partial charge in [-0.05, 0) is 12.1 Å². The Morgan fingerprint density at radius 1 is 1.40 bits per heavy atom. The fourth-order valence-corrected chi connectivity index (χ4v) is 1.11. The van der Waals surface area contributed by atoms with Crippen LogP contribution in [-0.2, 0) is 4.79 Å². The van der Waals surface area contributed by atoms with Crippen molar-refractivity contribution in [1.82, 2.24) is 15.6 Å². The summed E-state index contributed by atoms with van der Waals surface area (Å²) in [5.74, 6) is 4.97. The van der Waals surface area contributed by atoms with Gasteiger partial charge in [0.05, 0.1) is 0 Å². The number of hydrogen-bond acceptors (Lipinski definition) is 3. The first-order chi connectivity index (χ1) is 7.25. The molecule has 1 fully saturated rings. The third kappa shape index (κ3) is 2.11. The lowest BCUT2D eigenvalue weighted by Crippen LogP contribution is -2.26. The highest BCUT2D eigenvalue weighted by molar-refractivity contribution is 6.05. The van der Waals surface area contributed by atoms with E-state index in [-0.39, 0.29) is 0 Å². The van der Waals surface area contributed by atoms with Gasteiger partial charge in [0.1, 0.15) is 0 Å². The number of imide groups is 1. The SMILES string of the molecule is O=C1NC(=O)C(C#Cc2cccnc2)N1. The summed E-state index contributed by atoms with van der Waals surface area (Å²) in [5.41, 5.74) is 0.700. The standard InChI is InChI=1S/C10H7N3O2/c14-9-8(12-10(15)13-9)4-3-7-2-1-5-11-6-7/h1-2,5-6,8H,(H2,12,13,14,15). The van der Waals surface area contributed by atoms with Gasteiger partial charge in [-0.1, -0.05) is 11.8 Å². The maximum absolute atomic E-state index is 11.1. The maximum Gasteiger partial charge on any atom is 0.322 e. The molecule has 2 heterocycles. The molecule has 1 unspecified atom stereocenters. The molecule has 3 amide bonds. The molecule has 1 aliphatic heterocycles. The Bertz CT molecular complexity index is 459. The molecule has 2 N–H and O–H groups in total. The lowest BCUT2D eigenvalue weighted by atomic mass is 10.2. The fourth-order valence-electron chi connectivity index (χ4n) is 1.11. The summed E-state index contributed by atoms with van der Waals surface area (Å²) in [4.78, 5) is 25.7. The highest BCUT2D eigenvalue weighted by Gasteiger charge is 2.27. The first-order valence-corrected chi connectivity index (χ1v) is 4.28. The second kappa shape index (κ2) is 3.80. The molecule has 0 bridgehead atoms. The topological polar surface area (TPSA) is 71.1 Å². The highest BCUT2D eigenvalue weighted by atomic mass is 16.2. The van der Waals surface area contributed by atoms with E-state index in [1.165, 1.54) is 0 Å². The van der Waals surface area contributed by atoms with Crippen molar-refractivity contribution in [2.75, 3.05) is 0 Å². The molecule has 0 aromatic carbocycles. The van der Waals surface area contributed by atoms with Crippen molar-refractivity contribution >= 4 is 11.9 Å². The quantitative estimate of drug-likeness (QED) is 0.445. The zero-order chi connectivity index (χ0) is 10.7. The first kappa shape index (κ1) is 9.21. The van der Waals surface area contributed by atoms with E-state index in [2.05, 4.69) is 27.5 Å². The Hall–Kier alpha value is -2.35. The van der Waals surface area contributed by atoms with Crippen LogP contribution in [0.3, 0.4) is 0 Å². The molecule has 1 saturated heterocycles. The van der Waals surface area contributed by atoms with Gasteiger partial charge in [-0.2, -0.15) is 0 Å². The highest BCUT2D eigenvalue weighted by Crippen LogP contribution is 1.94. The molecule has 0 saturated carbocycles. The fraction of sp³-hybridized carbons (Fsp3) is 0.100. The van der Waals surface area contributed by atoms with E-state index in [4.69, 9.17) is 0 Å². The number of rotatable bonds is 0. The Balaban J connectivity index is 2.13. The van der Waals surface area contributed by atoms with Gasteiger partial charge in [0, 0.05) is 18.0 Å². The van der Waals surface area contributed by atoms with E-state index in [1.54, 1.807) is 24.5 Å². The summed E-state index contributed by atoms with van der Waals surface area (Å²) in [6.07, 6.45) is 3.22. The summed E-state index contributed by atoms with van der Waals surface area (Å²) in [6.45, 7) is 0. The zero-order valence-corrected chi connectivity index (χ0v) is 7.65. The van der Waals surface area contributed by atoms with E-state index >= 15 is 0 Å². The normalized spacial score (nSPS) is 18.8. The van der Waals surface area contributed by atoms with Gasteiger partial charge in [0.15, 0.2) is 6.04 Å². The predicted molar refractivity (Wildman–Crippen MR) is 51.6 cm³/mol. The third-order valence-corrected chi connectivity index (χ3v) is 1.80. The Labute approximate surface area is 85.9 Å². The van der Waals surface area contributed by atoms with Crippen LogP contribution in [0.4, 0.5) is 4.79 Å². The van der Waals surface area contributed by atoms with Gasteiger partial charge in [-0.15, -0.1) is 0 Å². The monoisotopic (exact) mass is 201 g/mol. The van der Waals surface area contributed by atoms with Gasteiger partial charge in [0.2, 0.25) is 0 Å². The average Bonchev–Trinajstić information content (AvgIpc) is 2.56. The van der Waals surface area contributed by atoms with Crippen LogP contribution in [0.15, 0.2) is 24.5 Å². The van der Waals surface area contributed by atoms with Crippen molar-refractivity contribution < 1.29 is 9.59 Å². The number of carbonyl (C=O) groups is 2. The van der Waals surface area contributed by atoms with E-state index in [9.17, 15) is 9.59 Å². The number of urea groups is 1. The van der Waals surface area contributed by atoms with Crippen LogP contribution in [-0.4, -0.2) is 23.0 Å². The first-order valence-electron chi connectivity index (χ1n) is 4.28. The Morgan fingerprint density at radius 2 is 2.27 bits per heavy atom. The molecule has 5 heteroatoms. The minimum atomic E-state index is -0.766. The lowest BCUT2D eigenvalue weighted by Gasteiger charge is -1.94. The molecule has 74 valence electrons. The second-order valence-corrected chi connectivity index (χ2v) is 2.91. The van der Waals surface area contributed by atoms with Crippen molar-refractivity contribution in [2.45, 2.75) is 6.04 Å². The van der Waals surface area contributed by atoms with Gasteiger partial charge < -0.3 is 5.32 Å². The maximum atomic E-state index is 11.1. The molecule has 0 aliphatic carbocycles. The van der Waals surface area contributed by atoms with Crippen LogP contribution in [0.2, 0.25) is 0 Å². The summed E-state index contributed by atoms with van der Waals surface area (Å²) in [5, 5.41) is 4.48. The number of carbonyl (C=O) groups excluding carboxylic acids is 2. The minimum absolute atomic E-state index is 0.420. The number of hydrogen-bond donors (Lipinski definition) is 2. The van der Waals surface area contributed by atoms with Crippen molar-refractivity contribution in [3.8, 4) is 11.8 Å². The van der Waals surface area contributed by atoms with Gasteiger partial charge >= 0.3 is 6.03 Å². The molecule has 2 rings (SSSR count). The van der Waals surface area contributed by atoms with Gasteiger partial charge in [-0.25, -0.2) is 4.79 Å². The molecule has 15 heavy (non-hydrogen) atoms. The summed E-state index contributed by atoms with van der Waals surface area (Å²) >= 11 is 0. The second-order valence-electron chi connectivity index (χ2n) is 2.91. The van der Waals surface area contributed by atoms with Crippen LogP contribution >= 0.6 is 0 Å². The number of nitrogens with one attached hydrogen (secondary N) is 2. The molecule has 1 aromatic rings. The molecular formula is C10H7N3O2. The molecule has 0 radical (unpaired) electrons. The largest absolute Gasteiger partial charge is 0.322 e. The number of aromatic nitrogens is 1. The molecule has 1 aliphatic rings. The number of amides is 3. The average molecular weight is 201 g/mol. The molecular weight excluding hydrogens is 194 g/mol. The molecule has 0 spiro atoms. The predicted octanol–water partition coefficient (Wildman–Crippen LogP) is -0.359.